The highest BCUT2D eigenvalue weighted by atomic mass is 14.9. The molecule has 1 saturated carbocycles. The van der Waals surface area contributed by atoms with Gasteiger partial charge >= 0.3 is 0 Å². The van der Waals surface area contributed by atoms with Gasteiger partial charge in [-0.15, -0.1) is 0 Å². The number of para-hydroxylation sites is 1. The lowest BCUT2D eigenvalue weighted by atomic mass is 9.82. The molecule has 1 aliphatic heterocycles. The van der Waals surface area contributed by atoms with Gasteiger partial charge in [0.05, 0.1) is 0 Å². The van der Waals surface area contributed by atoms with E-state index < -0.39 is 0 Å². The first-order chi connectivity index (χ1) is 5.93. The average Bonchev–Trinajstić information content (AvgIpc) is 2.09. The Morgan fingerprint density at radius 1 is 1.25 bits per heavy atom. The van der Waals surface area contributed by atoms with Crippen molar-refractivity contribution >= 4 is 11.8 Å². The average molecular weight is 157 g/mol. The molecule has 1 aromatic carbocycles. The van der Waals surface area contributed by atoms with Crippen LogP contribution in [0.15, 0.2) is 29.8 Å². The predicted octanol–water partition coefficient (Wildman–Crippen LogP) is 2.66. The summed E-state index contributed by atoms with van der Waals surface area (Å²) in [6.45, 7) is 0. The van der Waals surface area contributed by atoms with Crippen LogP contribution in [0.2, 0.25) is 0 Å². The molecular weight excluding hydrogens is 146 g/mol. The van der Waals surface area contributed by atoms with Crippen LogP contribution in [0.4, 0.5) is 5.69 Å². The SMILES string of the molecule is C1=C2CCC2Nc2ccccc21. The van der Waals surface area contributed by atoms with Gasteiger partial charge in [-0.05, 0) is 30.0 Å². The zero-order valence-electron chi connectivity index (χ0n) is 6.88. The van der Waals surface area contributed by atoms with Gasteiger partial charge < -0.3 is 5.32 Å². The Labute approximate surface area is 72.1 Å². The highest BCUT2D eigenvalue weighted by Gasteiger charge is 2.27. The number of hydrogen-bond acceptors (Lipinski definition) is 1. The molecule has 1 heterocycles. The standard InChI is InChI=1S/C11H11N/c1-2-4-10-8(3-1)7-9-5-6-11(9)12-10/h1-4,7,11-12H,5-6H2. The number of benzene rings is 1. The Kier molecular flexibility index (Phi) is 1.12. The van der Waals surface area contributed by atoms with Crippen molar-refractivity contribution in [2.24, 2.45) is 0 Å². The third kappa shape index (κ3) is 0.737. The summed E-state index contributed by atoms with van der Waals surface area (Å²) in [5.74, 6) is 0. The van der Waals surface area contributed by atoms with Crippen molar-refractivity contribution in [2.45, 2.75) is 18.9 Å². The maximum Gasteiger partial charge on any atom is 0.0480 e. The van der Waals surface area contributed by atoms with E-state index in [2.05, 4.69) is 35.7 Å². The van der Waals surface area contributed by atoms with Crippen LogP contribution in [-0.4, -0.2) is 6.04 Å². The molecule has 1 heteroatoms. The molecule has 1 atom stereocenters. The molecule has 1 aromatic rings. The fourth-order valence-corrected chi connectivity index (χ4v) is 1.93. The first-order valence-electron chi connectivity index (χ1n) is 4.49. The van der Waals surface area contributed by atoms with Crippen molar-refractivity contribution in [3.05, 3.63) is 35.4 Å². The van der Waals surface area contributed by atoms with E-state index in [-0.39, 0.29) is 0 Å². The minimum Gasteiger partial charge on any atom is -0.378 e. The van der Waals surface area contributed by atoms with E-state index in [4.69, 9.17) is 0 Å². The first-order valence-corrected chi connectivity index (χ1v) is 4.49. The molecule has 60 valence electrons. The molecule has 0 saturated heterocycles. The summed E-state index contributed by atoms with van der Waals surface area (Å²) in [5.41, 5.74) is 4.23. The molecule has 12 heavy (non-hydrogen) atoms. The summed E-state index contributed by atoms with van der Waals surface area (Å²) < 4.78 is 0. The van der Waals surface area contributed by atoms with Crippen molar-refractivity contribution in [2.75, 3.05) is 5.32 Å². The van der Waals surface area contributed by atoms with Crippen LogP contribution >= 0.6 is 0 Å². The number of fused-ring (bicyclic) bond motifs is 2. The third-order valence-electron chi connectivity index (χ3n) is 2.80. The van der Waals surface area contributed by atoms with E-state index in [0.717, 1.165) is 0 Å². The molecule has 1 N–H and O–H groups in total. The van der Waals surface area contributed by atoms with Gasteiger partial charge in [0, 0.05) is 11.7 Å². The van der Waals surface area contributed by atoms with Gasteiger partial charge in [0.15, 0.2) is 0 Å². The van der Waals surface area contributed by atoms with Crippen LogP contribution in [0, 0.1) is 0 Å². The molecule has 1 aliphatic carbocycles. The monoisotopic (exact) mass is 157 g/mol. The van der Waals surface area contributed by atoms with Crippen LogP contribution in [0.25, 0.3) is 6.08 Å². The third-order valence-corrected chi connectivity index (χ3v) is 2.80. The molecule has 0 aromatic heterocycles. The summed E-state index contributed by atoms with van der Waals surface area (Å²) in [6, 6.07) is 9.16. The molecule has 0 amide bonds. The zero-order valence-corrected chi connectivity index (χ0v) is 6.88. The van der Waals surface area contributed by atoms with E-state index in [0.29, 0.717) is 6.04 Å². The highest BCUT2D eigenvalue weighted by Crippen LogP contribution is 2.37. The number of nitrogens with one attached hydrogen (secondary N) is 1. The van der Waals surface area contributed by atoms with E-state index in [1.165, 1.54) is 24.1 Å². The van der Waals surface area contributed by atoms with E-state index in [9.17, 15) is 0 Å². The summed E-state index contributed by atoms with van der Waals surface area (Å²) in [5, 5.41) is 3.53. The second-order valence-corrected chi connectivity index (χ2v) is 3.54. The Balaban J connectivity index is 2.14. The summed E-state index contributed by atoms with van der Waals surface area (Å²) in [6.07, 6.45) is 4.92. The van der Waals surface area contributed by atoms with Gasteiger partial charge in [-0.2, -0.15) is 0 Å². The van der Waals surface area contributed by atoms with Crippen molar-refractivity contribution in [1.29, 1.82) is 0 Å². The van der Waals surface area contributed by atoms with Crippen LogP contribution in [0.5, 0.6) is 0 Å². The Morgan fingerprint density at radius 3 is 3.00 bits per heavy atom. The maximum absolute atomic E-state index is 3.53. The molecule has 0 spiro atoms. The van der Waals surface area contributed by atoms with Gasteiger partial charge in [0.1, 0.15) is 0 Å². The van der Waals surface area contributed by atoms with Gasteiger partial charge in [-0.1, -0.05) is 24.3 Å². The van der Waals surface area contributed by atoms with Crippen molar-refractivity contribution < 1.29 is 0 Å². The molecule has 1 nitrogen and oxygen atoms in total. The van der Waals surface area contributed by atoms with Gasteiger partial charge in [-0.3, -0.25) is 0 Å². The Hall–Kier alpha value is -1.24. The summed E-state index contributed by atoms with van der Waals surface area (Å²) in [4.78, 5) is 0. The lowest BCUT2D eigenvalue weighted by molar-refractivity contribution is 0.591. The van der Waals surface area contributed by atoms with Gasteiger partial charge in [0.25, 0.3) is 0 Å². The molecular formula is C11H11N. The summed E-state index contributed by atoms with van der Waals surface area (Å²) >= 11 is 0. The topological polar surface area (TPSA) is 12.0 Å². The van der Waals surface area contributed by atoms with Crippen molar-refractivity contribution in [3.8, 4) is 0 Å². The molecule has 1 fully saturated rings. The fraction of sp³-hybridized carbons (Fsp3) is 0.273. The number of hydrogen-bond donors (Lipinski definition) is 1. The first kappa shape index (κ1) is 6.30. The largest absolute Gasteiger partial charge is 0.378 e. The quantitative estimate of drug-likeness (QED) is 0.610. The Bertz CT molecular complexity index is 352. The number of anilines is 1. The zero-order chi connectivity index (χ0) is 7.97. The van der Waals surface area contributed by atoms with Crippen molar-refractivity contribution in [3.63, 3.8) is 0 Å². The van der Waals surface area contributed by atoms with E-state index in [1.807, 2.05) is 0 Å². The second-order valence-electron chi connectivity index (χ2n) is 3.54. The van der Waals surface area contributed by atoms with Crippen LogP contribution in [0.3, 0.4) is 0 Å². The van der Waals surface area contributed by atoms with Crippen LogP contribution in [0.1, 0.15) is 18.4 Å². The summed E-state index contributed by atoms with van der Waals surface area (Å²) in [7, 11) is 0. The Morgan fingerprint density at radius 2 is 2.17 bits per heavy atom. The minimum absolute atomic E-state index is 0.653. The smallest absolute Gasteiger partial charge is 0.0480 e. The molecule has 0 radical (unpaired) electrons. The molecule has 0 bridgehead atoms. The predicted molar refractivity (Wildman–Crippen MR) is 51.1 cm³/mol. The van der Waals surface area contributed by atoms with Gasteiger partial charge in [0.2, 0.25) is 0 Å². The lowest BCUT2D eigenvalue weighted by Crippen LogP contribution is -2.32. The van der Waals surface area contributed by atoms with E-state index >= 15 is 0 Å². The van der Waals surface area contributed by atoms with Gasteiger partial charge in [-0.25, -0.2) is 0 Å². The lowest BCUT2D eigenvalue weighted by Gasteiger charge is -2.35. The normalized spacial score (nSPS) is 24.3. The molecule has 3 rings (SSSR count). The van der Waals surface area contributed by atoms with Crippen molar-refractivity contribution in [1.82, 2.24) is 0 Å². The molecule has 2 aliphatic rings. The van der Waals surface area contributed by atoms with Crippen LogP contribution in [-0.2, 0) is 0 Å². The minimum atomic E-state index is 0.653. The second kappa shape index (κ2) is 2.13. The molecule has 1 unspecified atom stereocenters. The maximum atomic E-state index is 3.53. The number of rotatable bonds is 0. The van der Waals surface area contributed by atoms with E-state index in [1.54, 1.807) is 5.57 Å². The highest BCUT2D eigenvalue weighted by molar-refractivity contribution is 5.74. The van der Waals surface area contributed by atoms with Crippen LogP contribution < -0.4 is 5.32 Å². The fourth-order valence-electron chi connectivity index (χ4n) is 1.93.